The molecule has 9 heteroatoms. The van der Waals surface area contributed by atoms with Crippen LogP contribution in [0.2, 0.25) is 0 Å². The van der Waals surface area contributed by atoms with E-state index in [0.29, 0.717) is 16.5 Å². The number of benzene rings is 2. The van der Waals surface area contributed by atoms with Crippen LogP contribution in [-0.2, 0) is 9.53 Å². The van der Waals surface area contributed by atoms with Gasteiger partial charge in [0.15, 0.2) is 0 Å². The van der Waals surface area contributed by atoms with Crippen molar-refractivity contribution in [2.24, 2.45) is 5.73 Å². The number of aromatic amines is 1. The molecule has 0 spiro atoms. The highest BCUT2D eigenvalue weighted by Crippen LogP contribution is 2.44. The number of nitrogens with two attached hydrogens (primary N) is 1. The molecule has 29 heavy (non-hydrogen) atoms. The number of non-ortho nitro benzene ring substituents is 1. The summed E-state index contributed by atoms with van der Waals surface area (Å²) in [6, 6.07) is 12.6. The van der Waals surface area contributed by atoms with Crippen LogP contribution in [0.5, 0.6) is 5.75 Å². The Hall–Kier alpha value is -4.14. The van der Waals surface area contributed by atoms with Crippen molar-refractivity contribution in [2.45, 2.75) is 5.92 Å². The molecule has 0 amide bonds. The van der Waals surface area contributed by atoms with Gasteiger partial charge in [-0.25, -0.2) is 4.79 Å². The number of nitrogens with one attached hydrogen (secondary N) is 1. The van der Waals surface area contributed by atoms with Gasteiger partial charge in [-0.2, -0.15) is 0 Å². The average Bonchev–Trinajstić information content (AvgIpc) is 2.72. The van der Waals surface area contributed by atoms with Gasteiger partial charge in [0.25, 0.3) is 11.2 Å². The van der Waals surface area contributed by atoms with Crippen molar-refractivity contribution in [2.75, 3.05) is 7.11 Å². The molecule has 0 aliphatic carbocycles. The Labute approximate surface area is 163 Å². The molecule has 0 radical (unpaired) electrons. The van der Waals surface area contributed by atoms with Crippen LogP contribution < -0.4 is 16.0 Å². The minimum atomic E-state index is -1.00. The van der Waals surface area contributed by atoms with Gasteiger partial charge < -0.3 is 20.2 Å². The van der Waals surface area contributed by atoms with Crippen LogP contribution in [0.3, 0.4) is 0 Å². The maximum absolute atomic E-state index is 13.0. The van der Waals surface area contributed by atoms with Gasteiger partial charge >= 0.3 is 5.97 Å². The van der Waals surface area contributed by atoms with Crippen LogP contribution in [0.4, 0.5) is 5.69 Å². The number of hydrogen-bond donors (Lipinski definition) is 2. The molecule has 0 bridgehead atoms. The van der Waals surface area contributed by atoms with Crippen molar-refractivity contribution in [3.05, 3.63) is 91.6 Å². The second-order valence-electron chi connectivity index (χ2n) is 6.40. The summed E-state index contributed by atoms with van der Waals surface area (Å²) in [5.41, 5.74) is 6.27. The second-order valence-corrected chi connectivity index (χ2v) is 6.40. The van der Waals surface area contributed by atoms with Gasteiger partial charge in [0.2, 0.25) is 5.88 Å². The number of H-pyrrole nitrogens is 1. The Kier molecular flexibility index (Phi) is 4.27. The number of methoxy groups -OCH3 is 1. The van der Waals surface area contributed by atoms with E-state index in [2.05, 4.69) is 4.98 Å². The van der Waals surface area contributed by atoms with E-state index < -0.39 is 22.4 Å². The van der Waals surface area contributed by atoms with E-state index in [-0.39, 0.29) is 28.5 Å². The van der Waals surface area contributed by atoms with E-state index in [0.717, 1.165) is 0 Å². The maximum atomic E-state index is 13.0. The number of ether oxygens (including phenoxy) is 2. The summed E-state index contributed by atoms with van der Waals surface area (Å²) in [5.74, 6) is -1.82. The lowest BCUT2D eigenvalue weighted by Gasteiger charge is -2.28. The molecule has 3 N–H and O–H groups in total. The normalized spacial score (nSPS) is 15.6. The number of hydrogen-bond acceptors (Lipinski definition) is 7. The minimum absolute atomic E-state index is 0.0960. The van der Waals surface area contributed by atoms with Gasteiger partial charge in [-0.05, 0) is 17.7 Å². The topological polar surface area (TPSA) is 138 Å². The largest absolute Gasteiger partial charge is 0.465 e. The Morgan fingerprint density at radius 2 is 2.00 bits per heavy atom. The molecule has 2 heterocycles. The molecular weight excluding hydrogens is 378 g/mol. The molecule has 2 aromatic carbocycles. The molecule has 0 saturated heterocycles. The second kappa shape index (κ2) is 6.79. The van der Waals surface area contributed by atoms with E-state index in [1.54, 1.807) is 30.3 Å². The Morgan fingerprint density at radius 1 is 1.24 bits per heavy atom. The first-order valence-corrected chi connectivity index (χ1v) is 8.57. The first kappa shape index (κ1) is 18.2. The molecule has 3 aromatic rings. The number of fused-ring (bicyclic) bond motifs is 3. The monoisotopic (exact) mass is 393 g/mol. The summed E-state index contributed by atoms with van der Waals surface area (Å²) in [5, 5.41) is 11.8. The first-order chi connectivity index (χ1) is 13.9. The summed E-state index contributed by atoms with van der Waals surface area (Å²) in [6.07, 6.45) is 0. The number of aromatic nitrogens is 1. The summed E-state index contributed by atoms with van der Waals surface area (Å²) >= 11 is 0. The third kappa shape index (κ3) is 2.89. The van der Waals surface area contributed by atoms with E-state index in [1.807, 2.05) is 0 Å². The van der Waals surface area contributed by atoms with Gasteiger partial charge in [0.05, 0.1) is 29.0 Å². The van der Waals surface area contributed by atoms with Gasteiger partial charge in [-0.1, -0.05) is 24.3 Å². The molecule has 1 aliphatic rings. The minimum Gasteiger partial charge on any atom is -0.465 e. The van der Waals surface area contributed by atoms with Crippen molar-refractivity contribution >= 4 is 22.6 Å². The van der Waals surface area contributed by atoms with E-state index in [4.69, 9.17) is 15.2 Å². The fourth-order valence-electron chi connectivity index (χ4n) is 3.53. The lowest BCUT2D eigenvalue weighted by Crippen LogP contribution is -2.31. The quantitative estimate of drug-likeness (QED) is 0.395. The van der Waals surface area contributed by atoms with Gasteiger partial charge in [0, 0.05) is 17.5 Å². The highest BCUT2D eigenvalue weighted by molar-refractivity contribution is 5.95. The SMILES string of the molecule is COC(=O)C1=C(N)Oc2c(c(=O)[nH]c3ccccc23)[C@H]1c1cccc([N+](=O)[O-])c1. The number of nitro benzene ring substituents is 1. The molecular formula is C20H15N3O6. The van der Waals surface area contributed by atoms with Crippen LogP contribution in [0.1, 0.15) is 17.0 Å². The Bertz CT molecular complexity index is 1260. The zero-order valence-electron chi connectivity index (χ0n) is 15.2. The lowest BCUT2D eigenvalue weighted by atomic mass is 9.82. The van der Waals surface area contributed by atoms with Crippen LogP contribution >= 0.6 is 0 Å². The number of rotatable bonds is 3. The maximum Gasteiger partial charge on any atom is 0.340 e. The standard InChI is InChI=1S/C20H15N3O6/c1-28-20(25)16-14(10-5-4-6-11(9-10)23(26)27)15-17(29-18(16)21)12-7-2-3-8-13(12)22-19(15)24/h2-9,14H,21H2,1H3,(H,22,24)/t14-/m1/s1. The average molecular weight is 393 g/mol. The van der Waals surface area contributed by atoms with Crippen LogP contribution in [-0.4, -0.2) is 23.0 Å². The fraction of sp³-hybridized carbons (Fsp3) is 0.100. The van der Waals surface area contributed by atoms with Crippen molar-refractivity contribution < 1.29 is 19.2 Å². The van der Waals surface area contributed by atoms with E-state index in [9.17, 15) is 19.7 Å². The van der Waals surface area contributed by atoms with Crippen molar-refractivity contribution in [1.29, 1.82) is 0 Å². The van der Waals surface area contributed by atoms with Gasteiger partial charge in [-0.15, -0.1) is 0 Å². The highest BCUT2D eigenvalue weighted by atomic mass is 16.6. The number of esters is 1. The molecule has 0 unspecified atom stereocenters. The van der Waals surface area contributed by atoms with Gasteiger partial charge in [-0.3, -0.25) is 14.9 Å². The molecule has 4 rings (SSSR count). The molecule has 0 fully saturated rings. The van der Waals surface area contributed by atoms with E-state index in [1.165, 1.54) is 25.3 Å². The van der Waals surface area contributed by atoms with Crippen molar-refractivity contribution in [3.63, 3.8) is 0 Å². The smallest absolute Gasteiger partial charge is 0.340 e. The molecule has 146 valence electrons. The summed E-state index contributed by atoms with van der Waals surface area (Å²) in [7, 11) is 1.17. The summed E-state index contributed by atoms with van der Waals surface area (Å²) in [4.78, 5) is 38.9. The predicted octanol–water partition coefficient (Wildman–Crippen LogP) is 2.30. The number of pyridine rings is 1. The molecule has 1 aromatic heterocycles. The Morgan fingerprint density at radius 3 is 2.72 bits per heavy atom. The predicted molar refractivity (Wildman–Crippen MR) is 103 cm³/mol. The number of nitro groups is 1. The fourth-order valence-corrected chi connectivity index (χ4v) is 3.53. The molecule has 1 atom stereocenters. The Balaban J connectivity index is 2.07. The van der Waals surface area contributed by atoms with Crippen molar-refractivity contribution in [1.82, 2.24) is 4.98 Å². The molecule has 9 nitrogen and oxygen atoms in total. The number of nitrogens with zero attached hydrogens (tertiary/aromatic N) is 1. The lowest BCUT2D eigenvalue weighted by molar-refractivity contribution is -0.384. The zero-order valence-corrected chi connectivity index (χ0v) is 15.2. The number of carbonyl (C=O) groups excluding carboxylic acids is 1. The van der Waals surface area contributed by atoms with Crippen LogP contribution in [0.25, 0.3) is 10.9 Å². The van der Waals surface area contributed by atoms with E-state index >= 15 is 0 Å². The first-order valence-electron chi connectivity index (χ1n) is 8.57. The molecule has 1 aliphatic heterocycles. The highest BCUT2D eigenvalue weighted by Gasteiger charge is 2.38. The van der Waals surface area contributed by atoms with Crippen molar-refractivity contribution in [3.8, 4) is 5.75 Å². The zero-order chi connectivity index (χ0) is 20.7. The third-order valence-electron chi connectivity index (χ3n) is 4.78. The number of carbonyl (C=O) groups is 1. The third-order valence-corrected chi connectivity index (χ3v) is 4.78. The summed E-state index contributed by atoms with van der Waals surface area (Å²) < 4.78 is 10.5. The van der Waals surface area contributed by atoms with Crippen LogP contribution in [0.15, 0.2) is 64.8 Å². The number of para-hydroxylation sites is 1. The molecule has 0 saturated carbocycles. The van der Waals surface area contributed by atoms with Crippen LogP contribution in [0, 0.1) is 10.1 Å². The van der Waals surface area contributed by atoms with Gasteiger partial charge in [0.1, 0.15) is 11.3 Å². The summed E-state index contributed by atoms with van der Waals surface area (Å²) in [6.45, 7) is 0.